The van der Waals surface area contributed by atoms with Crippen LogP contribution in [-0.2, 0) is 0 Å². The van der Waals surface area contributed by atoms with Gasteiger partial charge in [0.15, 0.2) is 0 Å². The fourth-order valence-corrected chi connectivity index (χ4v) is 3.08. The number of nitrogens with zero attached hydrogens (tertiary/aromatic N) is 1. The van der Waals surface area contributed by atoms with E-state index in [1.54, 1.807) is 14.2 Å². The topological polar surface area (TPSA) is 47.7 Å². The van der Waals surface area contributed by atoms with Crippen LogP contribution in [0, 0.1) is 5.92 Å². The molecule has 112 valence electrons. The summed E-state index contributed by atoms with van der Waals surface area (Å²) in [5, 5.41) is 0. The molecule has 0 aliphatic carbocycles. The molecular formula is C16H26N2O2. The van der Waals surface area contributed by atoms with Gasteiger partial charge < -0.3 is 15.2 Å². The summed E-state index contributed by atoms with van der Waals surface area (Å²) in [4.78, 5) is 2.48. The average Bonchev–Trinajstić information content (AvgIpc) is 2.48. The van der Waals surface area contributed by atoms with Crippen LogP contribution in [0.1, 0.15) is 31.4 Å². The Morgan fingerprint density at radius 1 is 1.35 bits per heavy atom. The molecule has 0 bridgehead atoms. The highest BCUT2D eigenvalue weighted by Gasteiger charge is 2.26. The maximum absolute atomic E-state index is 6.05. The maximum atomic E-state index is 6.05. The number of hydrogen-bond donors (Lipinski definition) is 1. The molecule has 0 unspecified atom stereocenters. The van der Waals surface area contributed by atoms with Crippen molar-refractivity contribution in [1.82, 2.24) is 4.90 Å². The number of piperidine rings is 1. The number of likely N-dealkylation sites (tertiary alicyclic amines) is 1. The van der Waals surface area contributed by atoms with Crippen LogP contribution in [0.15, 0.2) is 18.2 Å². The molecule has 0 spiro atoms. The van der Waals surface area contributed by atoms with Gasteiger partial charge in [-0.25, -0.2) is 0 Å². The van der Waals surface area contributed by atoms with E-state index in [1.807, 2.05) is 12.1 Å². The molecule has 2 rings (SSSR count). The molecular weight excluding hydrogens is 252 g/mol. The Balaban J connectivity index is 2.26. The first-order valence-corrected chi connectivity index (χ1v) is 7.35. The molecule has 1 aliphatic rings. The average molecular weight is 278 g/mol. The van der Waals surface area contributed by atoms with Gasteiger partial charge in [-0.3, -0.25) is 4.90 Å². The van der Waals surface area contributed by atoms with Gasteiger partial charge in [-0.1, -0.05) is 13.0 Å². The van der Waals surface area contributed by atoms with Crippen LogP contribution in [0.2, 0.25) is 0 Å². The minimum atomic E-state index is 0.221. The quantitative estimate of drug-likeness (QED) is 0.898. The lowest BCUT2D eigenvalue weighted by molar-refractivity contribution is 0.131. The zero-order valence-corrected chi connectivity index (χ0v) is 12.8. The van der Waals surface area contributed by atoms with Gasteiger partial charge in [0, 0.05) is 24.7 Å². The Hall–Kier alpha value is -1.26. The van der Waals surface area contributed by atoms with E-state index in [0.717, 1.165) is 36.1 Å². The van der Waals surface area contributed by atoms with E-state index < -0.39 is 0 Å². The first-order chi connectivity index (χ1) is 9.69. The molecule has 0 aromatic heterocycles. The molecule has 4 heteroatoms. The molecule has 1 fully saturated rings. The summed E-state index contributed by atoms with van der Waals surface area (Å²) < 4.78 is 10.8. The molecule has 2 N–H and O–H groups in total. The maximum Gasteiger partial charge on any atom is 0.127 e. The van der Waals surface area contributed by atoms with Gasteiger partial charge in [0.05, 0.1) is 20.3 Å². The highest BCUT2D eigenvalue weighted by Crippen LogP contribution is 2.34. The fraction of sp³-hybridized carbons (Fsp3) is 0.625. The second-order valence-electron chi connectivity index (χ2n) is 5.60. The van der Waals surface area contributed by atoms with Crippen molar-refractivity contribution in [3.05, 3.63) is 23.8 Å². The van der Waals surface area contributed by atoms with Crippen LogP contribution < -0.4 is 15.2 Å². The van der Waals surface area contributed by atoms with Crippen molar-refractivity contribution in [2.24, 2.45) is 11.7 Å². The predicted molar refractivity (Wildman–Crippen MR) is 81.3 cm³/mol. The molecule has 1 heterocycles. The van der Waals surface area contributed by atoms with E-state index >= 15 is 0 Å². The van der Waals surface area contributed by atoms with E-state index in [1.165, 1.54) is 12.8 Å². The van der Waals surface area contributed by atoms with Crippen molar-refractivity contribution in [3.8, 4) is 11.5 Å². The Morgan fingerprint density at radius 3 is 2.75 bits per heavy atom. The Morgan fingerprint density at radius 2 is 2.15 bits per heavy atom. The largest absolute Gasteiger partial charge is 0.497 e. The van der Waals surface area contributed by atoms with E-state index in [9.17, 15) is 0 Å². The van der Waals surface area contributed by atoms with Crippen molar-refractivity contribution in [3.63, 3.8) is 0 Å². The van der Waals surface area contributed by atoms with Gasteiger partial charge in [0.25, 0.3) is 0 Å². The minimum Gasteiger partial charge on any atom is -0.497 e. The number of methoxy groups -OCH3 is 2. The fourth-order valence-electron chi connectivity index (χ4n) is 3.08. The molecule has 0 amide bonds. The van der Waals surface area contributed by atoms with Crippen LogP contribution in [-0.4, -0.2) is 38.8 Å². The molecule has 1 aromatic carbocycles. The summed E-state index contributed by atoms with van der Waals surface area (Å²) >= 11 is 0. The second kappa shape index (κ2) is 6.95. The van der Waals surface area contributed by atoms with E-state index in [4.69, 9.17) is 15.2 Å². The normalized spacial score (nSPS) is 21.5. The lowest BCUT2D eigenvalue weighted by Crippen LogP contribution is -2.40. The highest BCUT2D eigenvalue weighted by molar-refractivity contribution is 5.42. The summed E-state index contributed by atoms with van der Waals surface area (Å²) in [7, 11) is 3.37. The van der Waals surface area contributed by atoms with Crippen LogP contribution >= 0.6 is 0 Å². The van der Waals surface area contributed by atoms with Crippen molar-refractivity contribution in [2.75, 3.05) is 33.9 Å². The lowest BCUT2D eigenvalue weighted by atomic mass is 9.95. The second-order valence-corrected chi connectivity index (χ2v) is 5.60. The molecule has 2 atom stereocenters. The van der Waals surface area contributed by atoms with Crippen molar-refractivity contribution in [2.45, 2.75) is 25.8 Å². The molecule has 20 heavy (non-hydrogen) atoms. The first-order valence-electron chi connectivity index (χ1n) is 7.35. The minimum absolute atomic E-state index is 0.221. The van der Waals surface area contributed by atoms with Crippen molar-refractivity contribution < 1.29 is 9.47 Å². The molecule has 1 aromatic rings. The zero-order valence-electron chi connectivity index (χ0n) is 12.8. The molecule has 4 nitrogen and oxygen atoms in total. The zero-order chi connectivity index (χ0) is 14.5. The van der Waals surface area contributed by atoms with Crippen molar-refractivity contribution >= 4 is 0 Å². The van der Waals surface area contributed by atoms with E-state index in [-0.39, 0.29) is 6.04 Å². The molecule has 1 aliphatic heterocycles. The van der Waals surface area contributed by atoms with Gasteiger partial charge >= 0.3 is 0 Å². The number of ether oxygens (including phenoxy) is 2. The van der Waals surface area contributed by atoms with Crippen LogP contribution in [0.3, 0.4) is 0 Å². The van der Waals surface area contributed by atoms with Gasteiger partial charge in [-0.2, -0.15) is 0 Å². The van der Waals surface area contributed by atoms with E-state index in [2.05, 4.69) is 17.9 Å². The number of rotatable bonds is 5. The van der Waals surface area contributed by atoms with Gasteiger partial charge in [0.2, 0.25) is 0 Å². The van der Waals surface area contributed by atoms with Gasteiger partial charge in [-0.15, -0.1) is 0 Å². The standard InChI is InChI=1S/C16H26N2O2/c1-12-5-4-8-18(11-12)15(10-17)14-7-6-13(19-2)9-16(14)20-3/h6-7,9,12,15H,4-5,8,10-11,17H2,1-3H3/t12-,15+/m0/s1. The van der Waals surface area contributed by atoms with Crippen LogP contribution in [0.4, 0.5) is 0 Å². The summed E-state index contributed by atoms with van der Waals surface area (Å²) in [6.45, 7) is 5.14. The molecule has 0 radical (unpaired) electrons. The third-order valence-corrected chi connectivity index (χ3v) is 4.15. The highest BCUT2D eigenvalue weighted by atomic mass is 16.5. The Bertz CT molecular complexity index is 436. The van der Waals surface area contributed by atoms with Gasteiger partial charge in [0.1, 0.15) is 11.5 Å². The first kappa shape index (κ1) is 15.1. The summed E-state index contributed by atoms with van der Waals surface area (Å²) in [5.74, 6) is 2.41. The molecule has 0 saturated carbocycles. The predicted octanol–water partition coefficient (Wildman–Crippen LogP) is 2.44. The summed E-state index contributed by atoms with van der Waals surface area (Å²) in [6.07, 6.45) is 2.56. The third-order valence-electron chi connectivity index (χ3n) is 4.15. The number of hydrogen-bond acceptors (Lipinski definition) is 4. The number of nitrogens with two attached hydrogens (primary N) is 1. The number of benzene rings is 1. The Labute approximate surface area is 121 Å². The smallest absolute Gasteiger partial charge is 0.127 e. The molecule has 1 saturated heterocycles. The van der Waals surface area contributed by atoms with E-state index in [0.29, 0.717) is 6.54 Å². The SMILES string of the molecule is COc1ccc([C@@H](CN)N2CCC[C@H](C)C2)c(OC)c1. The van der Waals surface area contributed by atoms with Gasteiger partial charge in [-0.05, 0) is 31.4 Å². The van der Waals surface area contributed by atoms with Crippen LogP contribution in [0.5, 0.6) is 11.5 Å². The van der Waals surface area contributed by atoms with Crippen molar-refractivity contribution in [1.29, 1.82) is 0 Å². The summed E-state index contributed by atoms with van der Waals surface area (Å²) in [6, 6.07) is 6.21. The Kier molecular flexibility index (Phi) is 5.26. The van der Waals surface area contributed by atoms with Crippen LogP contribution in [0.25, 0.3) is 0 Å². The monoisotopic (exact) mass is 278 g/mol. The third kappa shape index (κ3) is 3.25. The summed E-state index contributed by atoms with van der Waals surface area (Å²) in [5.41, 5.74) is 7.20. The lowest BCUT2D eigenvalue weighted by Gasteiger charge is -2.37.